The molecule has 104 valence electrons. The summed E-state index contributed by atoms with van der Waals surface area (Å²) in [6, 6.07) is 8.91. The smallest absolute Gasteiger partial charge is 0.357 e. The van der Waals surface area contributed by atoms with Crippen LogP contribution in [0.25, 0.3) is 0 Å². The molecule has 2 heterocycles. The Balaban J connectivity index is 1.66. The predicted octanol–water partition coefficient (Wildman–Crippen LogP) is 1.66. The van der Waals surface area contributed by atoms with Crippen LogP contribution in [-0.2, 0) is 16.0 Å². The number of hydrogen-bond donors (Lipinski definition) is 1. The third-order valence-corrected chi connectivity index (χ3v) is 3.42. The van der Waals surface area contributed by atoms with Crippen molar-refractivity contribution in [2.75, 3.05) is 13.2 Å². The van der Waals surface area contributed by atoms with Crippen LogP contribution in [0, 0.1) is 0 Å². The van der Waals surface area contributed by atoms with Crippen molar-refractivity contribution in [1.29, 1.82) is 0 Å². The standard InChI is InChI=1S/C14H14N2O3S/c17-13(16-8-6-11-4-3-9-20-11)10-19-14(18)12-5-1-2-7-15-12/h1-5,7,9H,6,8,10H2,(H,16,17). The van der Waals surface area contributed by atoms with Gasteiger partial charge in [0.05, 0.1) is 0 Å². The van der Waals surface area contributed by atoms with E-state index in [0.29, 0.717) is 6.54 Å². The van der Waals surface area contributed by atoms with Gasteiger partial charge in [-0.25, -0.2) is 9.78 Å². The first-order chi connectivity index (χ1) is 9.75. The lowest BCUT2D eigenvalue weighted by molar-refractivity contribution is -0.124. The van der Waals surface area contributed by atoms with Crippen LogP contribution in [0.2, 0.25) is 0 Å². The number of carbonyl (C=O) groups is 2. The zero-order chi connectivity index (χ0) is 14.2. The molecule has 0 radical (unpaired) electrons. The van der Waals surface area contributed by atoms with Gasteiger partial charge in [-0.1, -0.05) is 12.1 Å². The van der Waals surface area contributed by atoms with Crippen LogP contribution in [0.4, 0.5) is 0 Å². The van der Waals surface area contributed by atoms with Crippen molar-refractivity contribution in [2.45, 2.75) is 6.42 Å². The molecule has 2 rings (SSSR count). The molecule has 0 fully saturated rings. The fourth-order valence-corrected chi connectivity index (χ4v) is 2.23. The van der Waals surface area contributed by atoms with E-state index in [1.807, 2.05) is 17.5 Å². The van der Waals surface area contributed by atoms with E-state index < -0.39 is 5.97 Å². The highest BCUT2D eigenvalue weighted by atomic mass is 32.1. The maximum atomic E-state index is 11.5. The third kappa shape index (κ3) is 4.47. The molecule has 0 unspecified atom stereocenters. The van der Waals surface area contributed by atoms with Gasteiger partial charge in [0, 0.05) is 17.6 Å². The summed E-state index contributed by atoms with van der Waals surface area (Å²) in [4.78, 5) is 28.1. The summed E-state index contributed by atoms with van der Waals surface area (Å²) < 4.78 is 4.87. The summed E-state index contributed by atoms with van der Waals surface area (Å²) in [6.45, 7) is 0.236. The Morgan fingerprint density at radius 2 is 2.15 bits per heavy atom. The van der Waals surface area contributed by atoms with Crippen molar-refractivity contribution in [2.24, 2.45) is 0 Å². The van der Waals surface area contributed by atoms with Gasteiger partial charge in [-0.15, -0.1) is 11.3 Å². The molecule has 20 heavy (non-hydrogen) atoms. The van der Waals surface area contributed by atoms with Crippen LogP contribution in [0.5, 0.6) is 0 Å². The number of esters is 1. The van der Waals surface area contributed by atoms with Crippen LogP contribution in [0.1, 0.15) is 15.4 Å². The normalized spacial score (nSPS) is 10.0. The molecular formula is C14H14N2O3S. The Hall–Kier alpha value is -2.21. The highest BCUT2D eigenvalue weighted by Crippen LogP contribution is 2.07. The molecule has 2 aromatic rings. The van der Waals surface area contributed by atoms with Crippen molar-refractivity contribution < 1.29 is 14.3 Å². The predicted molar refractivity (Wildman–Crippen MR) is 75.6 cm³/mol. The minimum Gasteiger partial charge on any atom is -0.451 e. The van der Waals surface area contributed by atoms with E-state index in [4.69, 9.17) is 4.74 Å². The van der Waals surface area contributed by atoms with Gasteiger partial charge in [-0.05, 0) is 30.0 Å². The van der Waals surface area contributed by atoms with Crippen molar-refractivity contribution in [1.82, 2.24) is 10.3 Å². The molecule has 0 saturated heterocycles. The van der Waals surface area contributed by atoms with Gasteiger partial charge in [-0.3, -0.25) is 4.79 Å². The third-order valence-electron chi connectivity index (χ3n) is 2.48. The number of nitrogens with one attached hydrogen (secondary N) is 1. The monoisotopic (exact) mass is 290 g/mol. The second kappa shape index (κ2) is 7.40. The molecule has 0 aliphatic carbocycles. The molecule has 2 aromatic heterocycles. The highest BCUT2D eigenvalue weighted by molar-refractivity contribution is 7.09. The number of rotatable bonds is 6. The summed E-state index contributed by atoms with van der Waals surface area (Å²) in [6.07, 6.45) is 2.27. The molecule has 1 N–H and O–H groups in total. The number of thiophene rings is 1. The first-order valence-corrected chi connectivity index (χ1v) is 7.01. The molecular weight excluding hydrogens is 276 g/mol. The molecule has 0 atom stereocenters. The molecule has 5 nitrogen and oxygen atoms in total. The fourth-order valence-electron chi connectivity index (χ4n) is 1.52. The number of carbonyl (C=O) groups excluding carboxylic acids is 2. The number of pyridine rings is 1. The van der Waals surface area contributed by atoms with E-state index >= 15 is 0 Å². The van der Waals surface area contributed by atoms with E-state index in [-0.39, 0.29) is 18.2 Å². The van der Waals surface area contributed by atoms with E-state index in [9.17, 15) is 9.59 Å². The minimum atomic E-state index is -0.598. The lowest BCUT2D eigenvalue weighted by atomic mass is 10.3. The maximum Gasteiger partial charge on any atom is 0.357 e. The van der Waals surface area contributed by atoms with E-state index in [1.165, 1.54) is 17.1 Å². The second-order valence-electron chi connectivity index (χ2n) is 3.97. The number of aromatic nitrogens is 1. The van der Waals surface area contributed by atoms with E-state index in [1.54, 1.807) is 23.5 Å². The fraction of sp³-hybridized carbons (Fsp3) is 0.214. The zero-order valence-corrected chi connectivity index (χ0v) is 11.6. The number of nitrogens with zero attached hydrogens (tertiary/aromatic N) is 1. The van der Waals surface area contributed by atoms with E-state index in [0.717, 1.165) is 6.42 Å². The zero-order valence-electron chi connectivity index (χ0n) is 10.7. The SMILES string of the molecule is O=C(COC(=O)c1ccccn1)NCCc1cccs1. The quantitative estimate of drug-likeness (QED) is 0.822. The average Bonchev–Trinajstić information content (AvgIpc) is 2.99. The van der Waals surface area contributed by atoms with Gasteiger partial charge in [-0.2, -0.15) is 0 Å². The lowest BCUT2D eigenvalue weighted by Gasteiger charge is -2.05. The topological polar surface area (TPSA) is 68.3 Å². The molecule has 0 bridgehead atoms. The van der Waals surface area contributed by atoms with E-state index in [2.05, 4.69) is 10.3 Å². The van der Waals surface area contributed by atoms with Crippen LogP contribution < -0.4 is 5.32 Å². The van der Waals surface area contributed by atoms with Crippen molar-refractivity contribution in [3.63, 3.8) is 0 Å². The molecule has 0 aromatic carbocycles. The summed E-state index contributed by atoms with van der Waals surface area (Å²) >= 11 is 1.65. The largest absolute Gasteiger partial charge is 0.451 e. The summed E-state index contributed by atoms with van der Waals surface area (Å²) in [7, 11) is 0. The maximum absolute atomic E-state index is 11.5. The Kier molecular flexibility index (Phi) is 5.25. The Labute approximate surface area is 120 Å². The van der Waals surface area contributed by atoms with Crippen LogP contribution in [0.3, 0.4) is 0 Å². The summed E-state index contributed by atoms with van der Waals surface area (Å²) in [5.74, 6) is -0.912. The summed E-state index contributed by atoms with van der Waals surface area (Å²) in [5, 5.41) is 4.69. The summed E-state index contributed by atoms with van der Waals surface area (Å²) in [5.41, 5.74) is 0.193. The van der Waals surface area contributed by atoms with Crippen LogP contribution in [-0.4, -0.2) is 30.0 Å². The Bertz CT molecular complexity index is 555. The molecule has 0 saturated carbocycles. The van der Waals surface area contributed by atoms with Crippen molar-refractivity contribution >= 4 is 23.2 Å². The second-order valence-corrected chi connectivity index (χ2v) is 5.00. The van der Waals surface area contributed by atoms with Gasteiger partial charge in [0.25, 0.3) is 5.91 Å². The molecule has 1 amide bonds. The number of hydrogen-bond acceptors (Lipinski definition) is 5. The van der Waals surface area contributed by atoms with Crippen molar-refractivity contribution in [3.05, 3.63) is 52.5 Å². The molecule has 0 aliphatic rings. The van der Waals surface area contributed by atoms with Gasteiger partial charge >= 0.3 is 5.97 Å². The van der Waals surface area contributed by atoms with Gasteiger partial charge in [0.1, 0.15) is 5.69 Å². The molecule has 6 heteroatoms. The Morgan fingerprint density at radius 3 is 2.85 bits per heavy atom. The molecule has 0 aliphatic heterocycles. The van der Waals surface area contributed by atoms with Gasteiger partial charge in [0.2, 0.25) is 0 Å². The van der Waals surface area contributed by atoms with Crippen LogP contribution in [0.15, 0.2) is 41.9 Å². The lowest BCUT2D eigenvalue weighted by Crippen LogP contribution is -2.30. The first kappa shape index (κ1) is 14.2. The van der Waals surface area contributed by atoms with Crippen LogP contribution >= 0.6 is 11.3 Å². The van der Waals surface area contributed by atoms with Crippen molar-refractivity contribution in [3.8, 4) is 0 Å². The average molecular weight is 290 g/mol. The minimum absolute atomic E-state index is 0.193. The molecule has 0 spiro atoms. The highest BCUT2D eigenvalue weighted by Gasteiger charge is 2.10. The number of ether oxygens (including phenoxy) is 1. The number of amides is 1. The Morgan fingerprint density at radius 1 is 1.25 bits per heavy atom. The first-order valence-electron chi connectivity index (χ1n) is 6.13. The van der Waals surface area contributed by atoms with Gasteiger partial charge < -0.3 is 10.1 Å². The van der Waals surface area contributed by atoms with Gasteiger partial charge in [0.15, 0.2) is 6.61 Å².